The summed E-state index contributed by atoms with van der Waals surface area (Å²) in [5.41, 5.74) is 1.59. The number of rotatable bonds is 6. The van der Waals surface area contributed by atoms with Gasteiger partial charge in [-0.2, -0.15) is 0 Å². The number of anilines is 1. The van der Waals surface area contributed by atoms with E-state index in [9.17, 15) is 14.4 Å². The van der Waals surface area contributed by atoms with Crippen LogP contribution in [0.2, 0.25) is 0 Å². The fourth-order valence-electron chi connectivity index (χ4n) is 2.01. The molecule has 132 valence electrons. The highest BCUT2D eigenvalue weighted by Crippen LogP contribution is 2.19. The average Bonchev–Trinajstić information content (AvgIpc) is 3.00. The number of carbonyl (C=O) groups excluding carboxylic acids is 3. The van der Waals surface area contributed by atoms with Crippen LogP contribution in [0.1, 0.15) is 20.1 Å². The minimum atomic E-state index is -0.427. The van der Waals surface area contributed by atoms with Crippen molar-refractivity contribution in [1.82, 2.24) is 10.6 Å². The second-order valence-corrected chi connectivity index (χ2v) is 7.58. The maximum absolute atomic E-state index is 11.9. The van der Waals surface area contributed by atoms with Gasteiger partial charge in [-0.3, -0.25) is 14.4 Å². The van der Waals surface area contributed by atoms with Crippen molar-refractivity contribution in [2.75, 3.05) is 18.4 Å². The highest BCUT2D eigenvalue weighted by Gasteiger charge is 2.11. The van der Waals surface area contributed by atoms with E-state index in [-0.39, 0.29) is 24.9 Å². The van der Waals surface area contributed by atoms with Crippen molar-refractivity contribution in [2.24, 2.45) is 0 Å². The molecule has 0 fully saturated rings. The lowest BCUT2D eigenvalue weighted by Crippen LogP contribution is -2.40. The first-order valence-electron chi connectivity index (χ1n) is 7.52. The fraction of sp³-hybridized carbons (Fsp3) is 0.235. The van der Waals surface area contributed by atoms with E-state index in [1.807, 2.05) is 32.0 Å². The maximum Gasteiger partial charge on any atom is 0.261 e. The van der Waals surface area contributed by atoms with Crippen LogP contribution in [-0.2, 0) is 9.59 Å². The Morgan fingerprint density at radius 1 is 1.00 bits per heavy atom. The zero-order chi connectivity index (χ0) is 18.4. The van der Waals surface area contributed by atoms with Gasteiger partial charge in [-0.1, -0.05) is 15.9 Å². The van der Waals surface area contributed by atoms with Crippen molar-refractivity contribution in [3.63, 3.8) is 0 Å². The van der Waals surface area contributed by atoms with Crippen molar-refractivity contribution in [1.29, 1.82) is 0 Å². The number of carbonyl (C=O) groups is 3. The lowest BCUT2D eigenvalue weighted by Gasteiger charge is -2.10. The Labute approximate surface area is 158 Å². The molecule has 0 bridgehead atoms. The Kier molecular flexibility index (Phi) is 6.72. The van der Waals surface area contributed by atoms with Gasteiger partial charge in [0.05, 0.1) is 18.0 Å². The monoisotopic (exact) mass is 423 g/mol. The Morgan fingerprint density at radius 2 is 1.72 bits per heavy atom. The van der Waals surface area contributed by atoms with Crippen LogP contribution < -0.4 is 16.0 Å². The van der Waals surface area contributed by atoms with Gasteiger partial charge in [0.25, 0.3) is 5.91 Å². The van der Waals surface area contributed by atoms with Crippen molar-refractivity contribution < 1.29 is 14.4 Å². The molecule has 0 radical (unpaired) electrons. The van der Waals surface area contributed by atoms with Gasteiger partial charge in [0.2, 0.25) is 11.8 Å². The van der Waals surface area contributed by atoms with Gasteiger partial charge in [-0.15, -0.1) is 11.3 Å². The summed E-state index contributed by atoms with van der Waals surface area (Å²) >= 11 is 4.71. The molecule has 0 unspecified atom stereocenters. The van der Waals surface area contributed by atoms with Crippen LogP contribution in [0.3, 0.4) is 0 Å². The number of amides is 3. The largest absolute Gasteiger partial charge is 0.345 e. The standard InChI is InChI=1S/C17H18BrN3O3S/c1-10-7-12(18)4-5-13(10)21-16(23)9-19-15(22)8-20-17(24)14-6-3-11(2)25-14/h3-7H,8-9H2,1-2H3,(H,19,22)(H,20,24)(H,21,23). The number of hydrogen-bond donors (Lipinski definition) is 3. The van der Waals surface area contributed by atoms with Gasteiger partial charge in [0.1, 0.15) is 0 Å². The van der Waals surface area contributed by atoms with E-state index in [0.29, 0.717) is 10.6 Å². The molecule has 1 aromatic carbocycles. The molecule has 0 aliphatic carbocycles. The van der Waals surface area contributed by atoms with E-state index in [4.69, 9.17) is 0 Å². The third-order valence-electron chi connectivity index (χ3n) is 3.28. The van der Waals surface area contributed by atoms with Crippen LogP contribution in [0.5, 0.6) is 0 Å². The van der Waals surface area contributed by atoms with Crippen LogP contribution >= 0.6 is 27.3 Å². The molecule has 0 saturated carbocycles. The van der Waals surface area contributed by atoms with Gasteiger partial charge in [0, 0.05) is 15.0 Å². The van der Waals surface area contributed by atoms with Gasteiger partial charge in [0.15, 0.2) is 0 Å². The summed E-state index contributed by atoms with van der Waals surface area (Å²) in [6.07, 6.45) is 0. The van der Waals surface area contributed by atoms with Crippen LogP contribution in [0, 0.1) is 13.8 Å². The number of aryl methyl sites for hydroxylation is 2. The number of thiophene rings is 1. The van der Waals surface area contributed by atoms with E-state index in [0.717, 1.165) is 14.9 Å². The predicted molar refractivity (Wildman–Crippen MR) is 102 cm³/mol. The smallest absolute Gasteiger partial charge is 0.261 e. The zero-order valence-electron chi connectivity index (χ0n) is 13.8. The maximum atomic E-state index is 11.9. The Bertz CT molecular complexity index is 804. The molecule has 3 amide bonds. The van der Waals surface area contributed by atoms with E-state index in [1.54, 1.807) is 12.1 Å². The highest BCUT2D eigenvalue weighted by atomic mass is 79.9. The van der Waals surface area contributed by atoms with Crippen molar-refractivity contribution in [3.05, 3.63) is 50.1 Å². The van der Waals surface area contributed by atoms with Crippen LogP contribution in [0.4, 0.5) is 5.69 Å². The van der Waals surface area contributed by atoms with Crippen LogP contribution in [-0.4, -0.2) is 30.8 Å². The molecule has 1 heterocycles. The Balaban J connectivity index is 1.74. The molecule has 2 aromatic rings. The van der Waals surface area contributed by atoms with Gasteiger partial charge in [-0.05, 0) is 49.7 Å². The normalized spacial score (nSPS) is 10.2. The molecule has 2 rings (SSSR count). The molecule has 6 nitrogen and oxygen atoms in total. The summed E-state index contributed by atoms with van der Waals surface area (Å²) in [7, 11) is 0. The van der Waals surface area contributed by atoms with Crippen LogP contribution in [0.25, 0.3) is 0 Å². The lowest BCUT2D eigenvalue weighted by atomic mass is 10.2. The molecule has 25 heavy (non-hydrogen) atoms. The van der Waals surface area contributed by atoms with Crippen LogP contribution in [0.15, 0.2) is 34.8 Å². The van der Waals surface area contributed by atoms with E-state index < -0.39 is 5.91 Å². The first kappa shape index (κ1) is 19.1. The highest BCUT2D eigenvalue weighted by molar-refractivity contribution is 9.10. The topological polar surface area (TPSA) is 87.3 Å². The SMILES string of the molecule is Cc1ccc(C(=O)NCC(=O)NCC(=O)Nc2ccc(Br)cc2C)s1. The Hall–Kier alpha value is -2.19. The average molecular weight is 424 g/mol. The molecule has 3 N–H and O–H groups in total. The second kappa shape index (κ2) is 8.77. The molecule has 0 saturated heterocycles. The summed E-state index contributed by atoms with van der Waals surface area (Å²) in [5.74, 6) is -1.06. The quantitative estimate of drug-likeness (QED) is 0.666. The molecule has 0 aliphatic rings. The number of benzene rings is 1. The molecule has 0 atom stereocenters. The predicted octanol–water partition coefficient (Wildman–Crippen LogP) is 2.61. The molecule has 8 heteroatoms. The van der Waals surface area contributed by atoms with E-state index in [2.05, 4.69) is 31.9 Å². The first-order valence-corrected chi connectivity index (χ1v) is 9.13. The van der Waals surface area contributed by atoms with Gasteiger partial charge in [-0.25, -0.2) is 0 Å². The molecular formula is C17H18BrN3O3S. The van der Waals surface area contributed by atoms with E-state index >= 15 is 0 Å². The van der Waals surface area contributed by atoms with Gasteiger partial charge >= 0.3 is 0 Å². The van der Waals surface area contributed by atoms with Crippen molar-refractivity contribution in [3.8, 4) is 0 Å². The minimum absolute atomic E-state index is 0.164. The lowest BCUT2D eigenvalue weighted by molar-refractivity contribution is -0.123. The number of halogens is 1. The Morgan fingerprint density at radius 3 is 2.36 bits per heavy atom. The second-order valence-electron chi connectivity index (χ2n) is 5.38. The van der Waals surface area contributed by atoms with Crippen molar-refractivity contribution >= 4 is 50.7 Å². The first-order chi connectivity index (χ1) is 11.8. The zero-order valence-corrected chi connectivity index (χ0v) is 16.2. The molecule has 0 aliphatic heterocycles. The third kappa shape index (κ3) is 5.99. The molecule has 1 aromatic heterocycles. The fourth-order valence-corrected chi connectivity index (χ4v) is 3.27. The third-order valence-corrected chi connectivity index (χ3v) is 4.78. The van der Waals surface area contributed by atoms with E-state index in [1.165, 1.54) is 11.3 Å². The molecular weight excluding hydrogens is 406 g/mol. The summed E-state index contributed by atoms with van der Waals surface area (Å²) < 4.78 is 0.924. The summed E-state index contributed by atoms with van der Waals surface area (Å²) in [5, 5.41) is 7.72. The summed E-state index contributed by atoms with van der Waals surface area (Å²) in [6.45, 7) is 3.43. The number of hydrogen-bond acceptors (Lipinski definition) is 4. The molecule has 0 spiro atoms. The number of nitrogens with one attached hydrogen (secondary N) is 3. The summed E-state index contributed by atoms with van der Waals surface area (Å²) in [6, 6.07) is 9.04. The summed E-state index contributed by atoms with van der Waals surface area (Å²) in [4.78, 5) is 37.1. The minimum Gasteiger partial charge on any atom is -0.345 e. The van der Waals surface area contributed by atoms with Crippen molar-refractivity contribution in [2.45, 2.75) is 13.8 Å². The van der Waals surface area contributed by atoms with Gasteiger partial charge < -0.3 is 16.0 Å².